The summed E-state index contributed by atoms with van der Waals surface area (Å²) >= 11 is 1.71. The molecule has 0 aliphatic heterocycles. The van der Waals surface area contributed by atoms with E-state index in [1.807, 2.05) is 11.6 Å². The fourth-order valence-corrected chi connectivity index (χ4v) is 2.81. The second kappa shape index (κ2) is 5.24. The molecule has 18 heavy (non-hydrogen) atoms. The summed E-state index contributed by atoms with van der Waals surface area (Å²) in [5.74, 6) is 3.69. The van der Waals surface area contributed by atoms with E-state index in [1.165, 1.54) is 17.2 Å². The van der Waals surface area contributed by atoms with Gasteiger partial charge in [-0.25, -0.2) is 4.98 Å². The van der Waals surface area contributed by atoms with E-state index in [0.717, 1.165) is 31.2 Å². The van der Waals surface area contributed by atoms with E-state index in [-0.39, 0.29) is 0 Å². The van der Waals surface area contributed by atoms with Crippen LogP contribution in [0.3, 0.4) is 0 Å². The van der Waals surface area contributed by atoms with Crippen LogP contribution in [0.4, 0.5) is 0 Å². The zero-order chi connectivity index (χ0) is 12.4. The van der Waals surface area contributed by atoms with Crippen LogP contribution in [0.15, 0.2) is 28.1 Å². The van der Waals surface area contributed by atoms with E-state index in [9.17, 15) is 0 Å². The normalized spacial score (nSPS) is 22.3. The molecule has 96 valence electrons. The van der Waals surface area contributed by atoms with E-state index >= 15 is 0 Å². The molecule has 3 rings (SSSR count). The molecule has 0 aromatic carbocycles. The monoisotopic (exact) mass is 262 g/mol. The molecule has 1 saturated carbocycles. The number of rotatable bonds is 6. The van der Waals surface area contributed by atoms with Crippen LogP contribution in [0.25, 0.3) is 0 Å². The van der Waals surface area contributed by atoms with Crippen molar-refractivity contribution in [2.24, 2.45) is 5.92 Å². The molecule has 1 fully saturated rings. The van der Waals surface area contributed by atoms with Crippen LogP contribution >= 0.6 is 11.3 Å². The summed E-state index contributed by atoms with van der Waals surface area (Å²) in [6.45, 7) is 4.04. The van der Waals surface area contributed by atoms with Crippen molar-refractivity contribution in [1.29, 1.82) is 0 Å². The Morgan fingerprint density at radius 3 is 3.11 bits per heavy atom. The third kappa shape index (κ3) is 2.82. The fraction of sp³-hybridized carbons (Fsp3) is 0.500. The smallest absolute Gasteiger partial charge is 0.117 e. The third-order valence-electron chi connectivity index (χ3n) is 3.46. The average Bonchev–Trinajstić information content (AvgIpc) is 2.86. The van der Waals surface area contributed by atoms with Crippen molar-refractivity contribution in [1.82, 2.24) is 10.3 Å². The van der Waals surface area contributed by atoms with Crippen molar-refractivity contribution in [2.75, 3.05) is 6.54 Å². The predicted octanol–water partition coefficient (Wildman–Crippen LogP) is 3.19. The highest BCUT2D eigenvalue weighted by atomic mass is 32.1. The van der Waals surface area contributed by atoms with Gasteiger partial charge in [0.2, 0.25) is 0 Å². The highest BCUT2D eigenvalue weighted by Crippen LogP contribution is 2.47. The van der Waals surface area contributed by atoms with Crippen molar-refractivity contribution in [3.8, 4) is 0 Å². The molecule has 1 N–H and O–H groups in total. The summed E-state index contributed by atoms with van der Waals surface area (Å²) in [5.41, 5.74) is 0. The van der Waals surface area contributed by atoms with Crippen LogP contribution in [-0.4, -0.2) is 11.5 Å². The Bertz CT molecular complexity index is 492. The summed E-state index contributed by atoms with van der Waals surface area (Å²) in [6, 6.07) is 4.22. The Morgan fingerprint density at radius 2 is 2.39 bits per heavy atom. The molecule has 2 aromatic heterocycles. The van der Waals surface area contributed by atoms with Crippen LogP contribution in [0.5, 0.6) is 0 Å². The standard InChI is InChI=1S/C14H18N2OS/c1-10-8-12(10)13-3-2-11(17-13)9-15-5-4-14-16-6-7-18-14/h2-3,6-7,10,12,15H,4-5,8-9H2,1H3. The molecule has 0 bridgehead atoms. The maximum atomic E-state index is 5.84. The van der Waals surface area contributed by atoms with Gasteiger partial charge in [-0.2, -0.15) is 0 Å². The zero-order valence-corrected chi connectivity index (χ0v) is 11.4. The quantitative estimate of drug-likeness (QED) is 0.812. The summed E-state index contributed by atoms with van der Waals surface area (Å²) in [6.07, 6.45) is 4.13. The number of hydrogen-bond donors (Lipinski definition) is 1. The van der Waals surface area contributed by atoms with Gasteiger partial charge in [-0.15, -0.1) is 11.3 Å². The summed E-state index contributed by atoms with van der Waals surface area (Å²) in [7, 11) is 0. The predicted molar refractivity (Wildman–Crippen MR) is 72.8 cm³/mol. The number of furan rings is 1. The SMILES string of the molecule is CC1CC1c1ccc(CNCCc2nccs2)o1. The molecule has 1 aliphatic carbocycles. The third-order valence-corrected chi connectivity index (χ3v) is 4.30. The van der Waals surface area contributed by atoms with E-state index in [1.54, 1.807) is 11.3 Å². The first-order valence-electron chi connectivity index (χ1n) is 6.50. The molecule has 3 nitrogen and oxygen atoms in total. The van der Waals surface area contributed by atoms with Crippen LogP contribution < -0.4 is 5.32 Å². The maximum Gasteiger partial charge on any atom is 0.117 e. The minimum absolute atomic E-state index is 0.675. The Hall–Kier alpha value is -1.13. The molecule has 2 atom stereocenters. The van der Waals surface area contributed by atoms with Gasteiger partial charge in [-0.1, -0.05) is 6.92 Å². The van der Waals surface area contributed by atoms with Crippen molar-refractivity contribution >= 4 is 11.3 Å². The molecule has 0 saturated heterocycles. The van der Waals surface area contributed by atoms with Gasteiger partial charge in [0, 0.05) is 30.5 Å². The lowest BCUT2D eigenvalue weighted by Gasteiger charge is -2.00. The summed E-state index contributed by atoms with van der Waals surface area (Å²) in [5, 5.41) is 6.60. The minimum Gasteiger partial charge on any atom is -0.464 e. The van der Waals surface area contributed by atoms with E-state index in [2.05, 4.69) is 29.4 Å². The second-order valence-electron chi connectivity index (χ2n) is 4.98. The van der Waals surface area contributed by atoms with Crippen LogP contribution in [0, 0.1) is 5.92 Å². The molecule has 2 unspecified atom stereocenters. The van der Waals surface area contributed by atoms with Crippen molar-refractivity contribution in [3.05, 3.63) is 40.2 Å². The molecular weight excluding hydrogens is 244 g/mol. The van der Waals surface area contributed by atoms with Crippen LogP contribution in [0.1, 0.15) is 35.8 Å². The number of thiazole rings is 1. The zero-order valence-electron chi connectivity index (χ0n) is 10.6. The van der Waals surface area contributed by atoms with Gasteiger partial charge in [0.1, 0.15) is 11.5 Å². The number of hydrogen-bond acceptors (Lipinski definition) is 4. The first-order valence-corrected chi connectivity index (χ1v) is 7.38. The summed E-state index contributed by atoms with van der Waals surface area (Å²) in [4.78, 5) is 4.26. The summed E-state index contributed by atoms with van der Waals surface area (Å²) < 4.78 is 5.84. The van der Waals surface area contributed by atoms with Crippen molar-refractivity contribution in [3.63, 3.8) is 0 Å². The molecule has 2 aromatic rings. The van der Waals surface area contributed by atoms with E-state index in [0.29, 0.717) is 5.92 Å². The van der Waals surface area contributed by atoms with E-state index < -0.39 is 0 Å². The first kappa shape index (κ1) is 11.9. The van der Waals surface area contributed by atoms with Gasteiger partial charge in [0.25, 0.3) is 0 Å². The van der Waals surface area contributed by atoms with Crippen LogP contribution in [-0.2, 0) is 13.0 Å². The number of nitrogens with zero attached hydrogens (tertiary/aromatic N) is 1. The molecule has 0 amide bonds. The number of nitrogens with one attached hydrogen (secondary N) is 1. The number of aromatic nitrogens is 1. The Balaban J connectivity index is 1.41. The van der Waals surface area contributed by atoms with Gasteiger partial charge in [-0.05, 0) is 24.5 Å². The molecule has 4 heteroatoms. The van der Waals surface area contributed by atoms with Gasteiger partial charge >= 0.3 is 0 Å². The van der Waals surface area contributed by atoms with E-state index in [4.69, 9.17) is 4.42 Å². The maximum absolute atomic E-state index is 5.84. The Labute approximate surface area is 111 Å². The van der Waals surface area contributed by atoms with Crippen molar-refractivity contribution in [2.45, 2.75) is 32.2 Å². The minimum atomic E-state index is 0.675. The van der Waals surface area contributed by atoms with Gasteiger partial charge < -0.3 is 9.73 Å². The van der Waals surface area contributed by atoms with Gasteiger partial charge in [0.15, 0.2) is 0 Å². The molecule has 0 radical (unpaired) electrons. The lowest BCUT2D eigenvalue weighted by atomic mass is 10.3. The second-order valence-corrected chi connectivity index (χ2v) is 5.96. The molecular formula is C14H18N2OS. The molecule has 1 aliphatic rings. The lowest BCUT2D eigenvalue weighted by Crippen LogP contribution is -2.16. The molecule has 2 heterocycles. The lowest BCUT2D eigenvalue weighted by molar-refractivity contribution is 0.445. The topological polar surface area (TPSA) is 38.1 Å². The average molecular weight is 262 g/mol. The Kier molecular flexibility index (Phi) is 3.48. The van der Waals surface area contributed by atoms with Crippen molar-refractivity contribution < 1.29 is 4.42 Å². The largest absolute Gasteiger partial charge is 0.464 e. The van der Waals surface area contributed by atoms with Gasteiger partial charge in [0.05, 0.1) is 11.6 Å². The highest BCUT2D eigenvalue weighted by molar-refractivity contribution is 7.09. The first-order chi connectivity index (χ1) is 8.83. The fourth-order valence-electron chi connectivity index (χ4n) is 2.19. The Morgan fingerprint density at radius 1 is 1.50 bits per heavy atom. The molecule has 0 spiro atoms. The highest BCUT2D eigenvalue weighted by Gasteiger charge is 2.36. The van der Waals surface area contributed by atoms with Crippen LogP contribution in [0.2, 0.25) is 0 Å². The van der Waals surface area contributed by atoms with Gasteiger partial charge in [-0.3, -0.25) is 0 Å².